The van der Waals surface area contributed by atoms with Crippen LogP contribution in [0.2, 0.25) is 0 Å². The summed E-state index contributed by atoms with van der Waals surface area (Å²) < 4.78 is 2.03. The Bertz CT molecular complexity index is 695. The highest BCUT2D eigenvalue weighted by atomic mass is 15.1. The van der Waals surface area contributed by atoms with Crippen molar-refractivity contribution in [2.24, 2.45) is 0 Å². The molecule has 0 spiro atoms. The van der Waals surface area contributed by atoms with Gasteiger partial charge in [0.2, 0.25) is 0 Å². The summed E-state index contributed by atoms with van der Waals surface area (Å²) in [5.74, 6) is 1.10. The average Bonchev–Trinajstić information content (AvgIpc) is 2.67. The first-order chi connectivity index (χ1) is 8.18. The first kappa shape index (κ1) is 10.1. The molecule has 0 unspecified atom stereocenters. The van der Waals surface area contributed by atoms with Crippen molar-refractivity contribution in [1.29, 1.82) is 0 Å². The zero-order valence-electron chi connectivity index (χ0n) is 10.0. The molecule has 0 bridgehead atoms. The fourth-order valence-electron chi connectivity index (χ4n) is 2.25. The molecule has 0 aliphatic carbocycles. The van der Waals surface area contributed by atoms with Crippen LogP contribution in [0.4, 0.5) is 5.82 Å². The second-order valence-electron chi connectivity index (χ2n) is 4.62. The third-order valence-corrected chi connectivity index (χ3v) is 3.10. The number of pyridine rings is 1. The Kier molecular flexibility index (Phi) is 2.08. The molecule has 2 heterocycles. The SMILES string of the molecule is CC(C)c1nc2ccc3ccccc3n2c1N. The number of nitrogen functional groups attached to an aromatic ring is 1. The Morgan fingerprint density at radius 1 is 1.12 bits per heavy atom. The lowest BCUT2D eigenvalue weighted by Crippen LogP contribution is -1.98. The fourth-order valence-corrected chi connectivity index (χ4v) is 2.25. The Morgan fingerprint density at radius 3 is 2.65 bits per heavy atom. The van der Waals surface area contributed by atoms with Gasteiger partial charge < -0.3 is 5.73 Å². The lowest BCUT2D eigenvalue weighted by Gasteiger charge is -2.04. The van der Waals surface area contributed by atoms with Gasteiger partial charge in [0.25, 0.3) is 0 Å². The molecule has 0 aliphatic heterocycles. The Morgan fingerprint density at radius 2 is 1.88 bits per heavy atom. The summed E-state index contributed by atoms with van der Waals surface area (Å²) in [5, 5.41) is 1.18. The van der Waals surface area contributed by atoms with Gasteiger partial charge in [-0.15, -0.1) is 0 Å². The maximum atomic E-state index is 6.21. The lowest BCUT2D eigenvalue weighted by molar-refractivity contribution is 0.838. The topological polar surface area (TPSA) is 43.3 Å². The molecule has 0 saturated carbocycles. The fraction of sp³-hybridized carbons (Fsp3) is 0.214. The van der Waals surface area contributed by atoms with Crippen LogP contribution in [0.25, 0.3) is 16.6 Å². The van der Waals surface area contributed by atoms with Crippen molar-refractivity contribution >= 4 is 22.4 Å². The largest absolute Gasteiger partial charge is 0.383 e. The Hall–Kier alpha value is -2.03. The number of anilines is 1. The smallest absolute Gasteiger partial charge is 0.139 e. The number of nitrogens with zero attached hydrogens (tertiary/aromatic N) is 2. The molecular formula is C14H15N3. The molecule has 0 radical (unpaired) electrons. The molecule has 86 valence electrons. The van der Waals surface area contributed by atoms with Gasteiger partial charge in [-0.25, -0.2) is 4.98 Å². The summed E-state index contributed by atoms with van der Waals surface area (Å²) in [6.45, 7) is 4.22. The minimum atomic E-state index is 0.341. The van der Waals surface area contributed by atoms with E-state index in [1.165, 1.54) is 5.39 Å². The highest BCUT2D eigenvalue weighted by molar-refractivity contribution is 5.83. The van der Waals surface area contributed by atoms with E-state index in [-0.39, 0.29) is 0 Å². The molecule has 0 saturated heterocycles. The number of imidazole rings is 1. The molecular weight excluding hydrogens is 210 g/mol. The van der Waals surface area contributed by atoms with Gasteiger partial charge in [-0.3, -0.25) is 4.40 Å². The van der Waals surface area contributed by atoms with Gasteiger partial charge >= 0.3 is 0 Å². The highest BCUT2D eigenvalue weighted by Gasteiger charge is 2.13. The second-order valence-corrected chi connectivity index (χ2v) is 4.62. The van der Waals surface area contributed by atoms with Gasteiger partial charge in [0.05, 0.1) is 11.2 Å². The molecule has 3 aromatic rings. The predicted octanol–water partition coefficient (Wildman–Crippen LogP) is 3.19. The van der Waals surface area contributed by atoms with E-state index in [9.17, 15) is 0 Å². The summed E-state index contributed by atoms with van der Waals surface area (Å²) in [4.78, 5) is 4.60. The molecule has 0 amide bonds. The van der Waals surface area contributed by atoms with Gasteiger partial charge in [-0.1, -0.05) is 32.0 Å². The van der Waals surface area contributed by atoms with Gasteiger partial charge in [-0.05, 0) is 29.5 Å². The van der Waals surface area contributed by atoms with Crippen LogP contribution in [0.3, 0.4) is 0 Å². The van der Waals surface area contributed by atoms with E-state index in [0.29, 0.717) is 5.92 Å². The molecule has 0 atom stereocenters. The number of benzene rings is 1. The van der Waals surface area contributed by atoms with Crippen LogP contribution >= 0.6 is 0 Å². The van der Waals surface area contributed by atoms with Crippen LogP contribution in [-0.2, 0) is 0 Å². The summed E-state index contributed by atoms with van der Waals surface area (Å²) >= 11 is 0. The summed E-state index contributed by atoms with van der Waals surface area (Å²) in [5.41, 5.74) is 9.21. The number of rotatable bonds is 1. The molecule has 1 aromatic carbocycles. The predicted molar refractivity (Wildman–Crippen MR) is 71.2 cm³/mol. The lowest BCUT2D eigenvalue weighted by atomic mass is 10.1. The van der Waals surface area contributed by atoms with Crippen LogP contribution in [0.1, 0.15) is 25.5 Å². The normalized spacial score (nSPS) is 11.7. The number of hydrogen-bond acceptors (Lipinski definition) is 2. The van der Waals surface area contributed by atoms with E-state index in [2.05, 4.69) is 37.0 Å². The van der Waals surface area contributed by atoms with Crippen LogP contribution in [0.15, 0.2) is 36.4 Å². The van der Waals surface area contributed by atoms with Crippen molar-refractivity contribution in [2.75, 3.05) is 5.73 Å². The van der Waals surface area contributed by atoms with E-state index in [0.717, 1.165) is 22.7 Å². The molecule has 3 rings (SSSR count). The number of hydrogen-bond donors (Lipinski definition) is 1. The van der Waals surface area contributed by atoms with E-state index >= 15 is 0 Å². The average molecular weight is 225 g/mol. The zero-order chi connectivity index (χ0) is 12.0. The van der Waals surface area contributed by atoms with Crippen molar-refractivity contribution < 1.29 is 0 Å². The van der Waals surface area contributed by atoms with Crippen molar-refractivity contribution in [3.05, 3.63) is 42.1 Å². The number of para-hydroxylation sites is 1. The van der Waals surface area contributed by atoms with Gasteiger partial charge in [0.1, 0.15) is 11.5 Å². The summed E-state index contributed by atoms with van der Waals surface area (Å²) in [6, 6.07) is 12.3. The van der Waals surface area contributed by atoms with Crippen LogP contribution in [-0.4, -0.2) is 9.38 Å². The van der Waals surface area contributed by atoms with Crippen molar-refractivity contribution in [1.82, 2.24) is 9.38 Å². The molecule has 0 aliphatic rings. The zero-order valence-corrected chi connectivity index (χ0v) is 10.0. The minimum absolute atomic E-state index is 0.341. The quantitative estimate of drug-likeness (QED) is 0.691. The Labute approximate surface area is 99.9 Å². The monoisotopic (exact) mass is 225 g/mol. The second kappa shape index (κ2) is 3.48. The van der Waals surface area contributed by atoms with Crippen LogP contribution in [0, 0.1) is 0 Å². The van der Waals surface area contributed by atoms with E-state index in [4.69, 9.17) is 5.73 Å². The van der Waals surface area contributed by atoms with E-state index < -0.39 is 0 Å². The van der Waals surface area contributed by atoms with Crippen molar-refractivity contribution in [3.63, 3.8) is 0 Å². The number of aromatic nitrogens is 2. The third kappa shape index (κ3) is 1.39. The summed E-state index contributed by atoms with van der Waals surface area (Å²) in [7, 11) is 0. The molecule has 2 N–H and O–H groups in total. The van der Waals surface area contributed by atoms with Crippen LogP contribution in [0.5, 0.6) is 0 Å². The number of nitrogens with two attached hydrogens (primary N) is 1. The maximum Gasteiger partial charge on any atom is 0.139 e. The molecule has 17 heavy (non-hydrogen) atoms. The van der Waals surface area contributed by atoms with Gasteiger partial charge in [0.15, 0.2) is 0 Å². The van der Waals surface area contributed by atoms with Crippen molar-refractivity contribution in [3.8, 4) is 0 Å². The first-order valence-corrected chi connectivity index (χ1v) is 5.84. The van der Waals surface area contributed by atoms with Crippen molar-refractivity contribution in [2.45, 2.75) is 19.8 Å². The minimum Gasteiger partial charge on any atom is -0.383 e. The van der Waals surface area contributed by atoms with Gasteiger partial charge in [-0.2, -0.15) is 0 Å². The summed E-state index contributed by atoms with van der Waals surface area (Å²) in [6.07, 6.45) is 0. The molecule has 3 nitrogen and oxygen atoms in total. The van der Waals surface area contributed by atoms with Gasteiger partial charge in [0, 0.05) is 0 Å². The van der Waals surface area contributed by atoms with E-state index in [1.807, 2.05) is 22.6 Å². The molecule has 3 heteroatoms. The molecule has 2 aromatic heterocycles. The highest BCUT2D eigenvalue weighted by Crippen LogP contribution is 2.26. The van der Waals surface area contributed by atoms with Crippen LogP contribution < -0.4 is 5.73 Å². The standard InChI is InChI=1S/C14H15N3/c1-9(2)13-14(15)17-11-6-4-3-5-10(11)7-8-12(17)16-13/h3-9H,15H2,1-2H3. The molecule has 0 fully saturated rings. The Balaban J connectivity index is 2.49. The van der Waals surface area contributed by atoms with E-state index in [1.54, 1.807) is 0 Å². The maximum absolute atomic E-state index is 6.21. The first-order valence-electron chi connectivity index (χ1n) is 5.84. The third-order valence-electron chi connectivity index (χ3n) is 3.10. The number of fused-ring (bicyclic) bond motifs is 3.